The van der Waals surface area contributed by atoms with E-state index < -0.39 is 0 Å². The fourth-order valence-electron chi connectivity index (χ4n) is 2.49. The molecule has 0 N–H and O–H groups in total. The first-order chi connectivity index (χ1) is 10.3. The van der Waals surface area contributed by atoms with Crippen LogP contribution in [0.2, 0.25) is 0 Å². The smallest absolute Gasteiger partial charge is 0.306 e. The molecule has 3 rings (SSSR count). The van der Waals surface area contributed by atoms with Crippen LogP contribution in [0.5, 0.6) is 0 Å². The molecule has 1 aromatic heterocycles. The van der Waals surface area contributed by atoms with E-state index in [2.05, 4.69) is 34.1 Å². The molecule has 1 aromatic carbocycles. The molecule has 5 heteroatoms. The predicted molar refractivity (Wildman–Crippen MR) is 83.4 cm³/mol. The van der Waals surface area contributed by atoms with Crippen molar-refractivity contribution in [2.75, 3.05) is 11.5 Å². The molecule has 2 heterocycles. The van der Waals surface area contributed by atoms with Crippen molar-refractivity contribution >= 4 is 22.4 Å². The molecule has 0 spiro atoms. The molecule has 0 unspecified atom stereocenters. The summed E-state index contributed by atoms with van der Waals surface area (Å²) in [6, 6.07) is 8.50. The van der Waals surface area contributed by atoms with Crippen LogP contribution in [0.1, 0.15) is 30.2 Å². The van der Waals surface area contributed by atoms with E-state index >= 15 is 0 Å². The van der Waals surface area contributed by atoms with Crippen LogP contribution in [0, 0.1) is 0 Å². The Morgan fingerprint density at radius 1 is 1.33 bits per heavy atom. The van der Waals surface area contributed by atoms with E-state index in [1.807, 2.05) is 12.3 Å². The monoisotopic (exact) mass is 302 g/mol. The number of carbonyl (C=O) groups is 1. The van der Waals surface area contributed by atoms with Crippen LogP contribution in [-0.2, 0) is 29.0 Å². The van der Waals surface area contributed by atoms with Gasteiger partial charge >= 0.3 is 5.97 Å². The molecule has 0 radical (unpaired) electrons. The zero-order valence-electron chi connectivity index (χ0n) is 12.0. The normalized spacial score (nSPS) is 13.3. The first-order valence-corrected chi connectivity index (χ1v) is 8.06. The van der Waals surface area contributed by atoms with Gasteiger partial charge in [-0.25, -0.2) is 4.98 Å². The van der Waals surface area contributed by atoms with Crippen molar-refractivity contribution in [1.82, 2.24) is 4.98 Å². The third-order valence-corrected chi connectivity index (χ3v) is 4.49. The maximum atomic E-state index is 11.4. The van der Waals surface area contributed by atoms with Gasteiger partial charge in [0.25, 0.3) is 0 Å². The van der Waals surface area contributed by atoms with E-state index in [9.17, 15) is 4.79 Å². The maximum Gasteiger partial charge on any atom is 0.306 e. The molecule has 110 valence electrons. The molecule has 0 bridgehead atoms. The average Bonchev–Trinajstić information content (AvgIpc) is 3.11. The number of anilines is 1. The molecular weight excluding hydrogens is 284 g/mol. The fraction of sp³-hybridized carbons (Fsp3) is 0.375. The summed E-state index contributed by atoms with van der Waals surface area (Å²) < 4.78 is 4.94. The van der Waals surface area contributed by atoms with Crippen molar-refractivity contribution in [3.8, 4) is 0 Å². The van der Waals surface area contributed by atoms with Crippen LogP contribution >= 0.6 is 11.3 Å². The third kappa shape index (κ3) is 3.24. The SMILES string of the molecule is CCOC(=O)CCc1csc(N2Cc3ccccc3C2)n1. The topological polar surface area (TPSA) is 42.4 Å². The number of ether oxygens (including phenoxy) is 1. The molecule has 0 fully saturated rings. The molecule has 0 amide bonds. The Morgan fingerprint density at radius 3 is 2.71 bits per heavy atom. The number of carbonyl (C=O) groups excluding carboxylic acids is 1. The van der Waals surface area contributed by atoms with E-state index in [4.69, 9.17) is 4.74 Å². The largest absolute Gasteiger partial charge is 0.466 e. The highest BCUT2D eigenvalue weighted by atomic mass is 32.1. The van der Waals surface area contributed by atoms with Crippen molar-refractivity contribution in [2.24, 2.45) is 0 Å². The van der Waals surface area contributed by atoms with E-state index in [1.54, 1.807) is 11.3 Å². The quantitative estimate of drug-likeness (QED) is 0.796. The summed E-state index contributed by atoms with van der Waals surface area (Å²) >= 11 is 1.65. The van der Waals surface area contributed by atoms with E-state index in [0.717, 1.165) is 23.9 Å². The molecule has 0 atom stereocenters. The van der Waals surface area contributed by atoms with Gasteiger partial charge in [0, 0.05) is 24.9 Å². The average molecular weight is 302 g/mol. The summed E-state index contributed by atoms with van der Waals surface area (Å²) in [6.45, 7) is 4.10. The first kappa shape index (κ1) is 14.1. The predicted octanol–water partition coefficient (Wildman–Crippen LogP) is 3.16. The first-order valence-electron chi connectivity index (χ1n) is 7.18. The number of benzene rings is 1. The van der Waals surface area contributed by atoms with Crippen LogP contribution in [0.4, 0.5) is 5.13 Å². The van der Waals surface area contributed by atoms with Gasteiger partial charge in [-0.2, -0.15) is 0 Å². The number of thiazole rings is 1. The van der Waals surface area contributed by atoms with Gasteiger partial charge in [-0.05, 0) is 18.1 Å². The molecule has 21 heavy (non-hydrogen) atoms. The lowest BCUT2D eigenvalue weighted by Crippen LogP contribution is -2.14. The summed E-state index contributed by atoms with van der Waals surface area (Å²) in [5, 5.41) is 3.07. The molecule has 1 aliphatic rings. The van der Waals surface area contributed by atoms with Crippen LogP contribution in [0.15, 0.2) is 29.6 Å². The maximum absolute atomic E-state index is 11.4. The minimum absolute atomic E-state index is 0.152. The molecule has 2 aromatic rings. The number of nitrogens with zero attached hydrogens (tertiary/aromatic N) is 2. The van der Waals surface area contributed by atoms with Gasteiger partial charge in [0.15, 0.2) is 5.13 Å². The molecular formula is C16H18N2O2S. The summed E-state index contributed by atoms with van der Waals surface area (Å²) in [6.07, 6.45) is 1.05. The van der Waals surface area contributed by atoms with Gasteiger partial charge in [-0.15, -0.1) is 11.3 Å². The Kier molecular flexibility index (Phi) is 4.20. The molecule has 1 aliphatic heterocycles. The molecule has 0 saturated carbocycles. The summed E-state index contributed by atoms with van der Waals surface area (Å²) in [4.78, 5) is 18.3. The molecule has 4 nitrogen and oxygen atoms in total. The lowest BCUT2D eigenvalue weighted by Gasteiger charge is -2.12. The van der Waals surface area contributed by atoms with Crippen molar-refractivity contribution in [3.63, 3.8) is 0 Å². The number of aromatic nitrogens is 1. The number of esters is 1. The van der Waals surface area contributed by atoms with Crippen molar-refractivity contribution < 1.29 is 9.53 Å². The van der Waals surface area contributed by atoms with Gasteiger partial charge in [0.05, 0.1) is 18.7 Å². The number of hydrogen-bond acceptors (Lipinski definition) is 5. The number of rotatable bonds is 5. The van der Waals surface area contributed by atoms with Crippen molar-refractivity contribution in [3.05, 3.63) is 46.5 Å². The number of aryl methyl sites for hydroxylation is 1. The van der Waals surface area contributed by atoms with E-state index in [0.29, 0.717) is 19.4 Å². The minimum Gasteiger partial charge on any atom is -0.466 e. The number of hydrogen-bond donors (Lipinski definition) is 0. The summed E-state index contributed by atoms with van der Waals surface area (Å²) in [5.74, 6) is -0.152. The van der Waals surface area contributed by atoms with Gasteiger partial charge in [0.2, 0.25) is 0 Å². The highest BCUT2D eigenvalue weighted by molar-refractivity contribution is 7.13. The lowest BCUT2D eigenvalue weighted by molar-refractivity contribution is -0.143. The van der Waals surface area contributed by atoms with Gasteiger partial charge in [-0.1, -0.05) is 24.3 Å². The zero-order valence-corrected chi connectivity index (χ0v) is 12.9. The van der Waals surface area contributed by atoms with Crippen molar-refractivity contribution in [1.29, 1.82) is 0 Å². The zero-order chi connectivity index (χ0) is 14.7. The third-order valence-electron chi connectivity index (χ3n) is 3.54. The van der Waals surface area contributed by atoms with Gasteiger partial charge in [-0.3, -0.25) is 4.79 Å². The second kappa shape index (κ2) is 6.26. The van der Waals surface area contributed by atoms with Gasteiger partial charge < -0.3 is 9.64 Å². The van der Waals surface area contributed by atoms with E-state index in [-0.39, 0.29) is 5.97 Å². The van der Waals surface area contributed by atoms with Crippen molar-refractivity contribution in [2.45, 2.75) is 32.9 Å². The van der Waals surface area contributed by atoms with Crippen LogP contribution in [0.3, 0.4) is 0 Å². The Bertz CT molecular complexity index is 614. The molecule has 0 aliphatic carbocycles. The van der Waals surface area contributed by atoms with Crippen LogP contribution < -0.4 is 4.90 Å². The minimum atomic E-state index is -0.152. The lowest BCUT2D eigenvalue weighted by atomic mass is 10.1. The highest BCUT2D eigenvalue weighted by Crippen LogP contribution is 2.30. The summed E-state index contributed by atoms with van der Waals surface area (Å²) in [5.41, 5.74) is 3.72. The van der Waals surface area contributed by atoms with Crippen LogP contribution in [0.25, 0.3) is 0 Å². The Morgan fingerprint density at radius 2 is 2.05 bits per heavy atom. The van der Waals surface area contributed by atoms with E-state index in [1.165, 1.54) is 11.1 Å². The Balaban J connectivity index is 1.60. The second-order valence-electron chi connectivity index (χ2n) is 5.05. The van der Waals surface area contributed by atoms with Crippen LogP contribution in [-0.4, -0.2) is 17.6 Å². The Hall–Kier alpha value is -1.88. The second-order valence-corrected chi connectivity index (χ2v) is 5.89. The Labute approximate surface area is 128 Å². The van der Waals surface area contributed by atoms with Gasteiger partial charge in [0.1, 0.15) is 0 Å². The highest BCUT2D eigenvalue weighted by Gasteiger charge is 2.20. The fourth-order valence-corrected chi connectivity index (χ4v) is 3.35. The molecule has 0 saturated heterocycles. The summed E-state index contributed by atoms with van der Waals surface area (Å²) in [7, 11) is 0. The standard InChI is InChI=1S/C16H18N2O2S/c1-2-20-15(19)8-7-14-11-21-16(17-14)18-9-12-5-3-4-6-13(12)10-18/h3-6,11H,2,7-10H2,1H3. The number of fused-ring (bicyclic) bond motifs is 1.